The first-order valence-corrected chi connectivity index (χ1v) is 9.47. The van der Waals surface area contributed by atoms with Crippen molar-refractivity contribution < 1.29 is 9.53 Å². The van der Waals surface area contributed by atoms with E-state index in [1.54, 1.807) is 0 Å². The first-order valence-electron chi connectivity index (χ1n) is 9.47. The molecule has 0 aliphatic rings. The zero-order valence-electron chi connectivity index (χ0n) is 17.0. The van der Waals surface area contributed by atoms with Crippen LogP contribution in [0.25, 0.3) is 0 Å². The lowest BCUT2D eigenvalue weighted by molar-refractivity contribution is -0.149. The van der Waals surface area contributed by atoms with Crippen LogP contribution in [-0.4, -0.2) is 18.3 Å². The molecule has 0 amide bonds. The van der Waals surface area contributed by atoms with Gasteiger partial charge in [-0.3, -0.25) is 4.99 Å². The Bertz CT molecular complexity index is 493. The lowest BCUT2D eigenvalue weighted by atomic mass is 10.0. The molecular formula is C22H37NO2. The third-order valence-electron chi connectivity index (χ3n) is 3.83. The molecule has 0 spiro atoms. The van der Waals surface area contributed by atoms with Gasteiger partial charge >= 0.3 is 5.97 Å². The van der Waals surface area contributed by atoms with E-state index in [1.165, 1.54) is 44.1 Å². The highest BCUT2D eigenvalue weighted by molar-refractivity contribution is 5.88. The predicted molar refractivity (Wildman–Crippen MR) is 109 cm³/mol. The van der Waals surface area contributed by atoms with E-state index in [9.17, 15) is 4.79 Å². The number of esters is 1. The smallest absolute Gasteiger partial charge is 0.334 e. The minimum Gasteiger partial charge on any atom is -0.457 e. The molecule has 0 bridgehead atoms. The number of carbonyl (C=O) groups is 1. The largest absolute Gasteiger partial charge is 0.457 e. The Balaban J connectivity index is 4.55. The average molecular weight is 348 g/mol. The number of ether oxygens (including phenoxy) is 1. The number of rotatable bonds is 12. The van der Waals surface area contributed by atoms with Crippen molar-refractivity contribution in [2.24, 2.45) is 4.99 Å². The summed E-state index contributed by atoms with van der Waals surface area (Å²) in [4.78, 5) is 16.1. The Labute approximate surface area is 155 Å². The molecule has 142 valence electrons. The van der Waals surface area contributed by atoms with Crippen molar-refractivity contribution in [3.8, 4) is 0 Å². The number of allylic oxidation sites excluding steroid dienone is 4. The molecule has 0 aliphatic carbocycles. The molecule has 0 aliphatic heterocycles. The van der Waals surface area contributed by atoms with Gasteiger partial charge in [0.2, 0.25) is 0 Å². The minimum absolute atomic E-state index is 0.367. The average Bonchev–Trinajstić information content (AvgIpc) is 2.54. The van der Waals surface area contributed by atoms with Gasteiger partial charge in [-0.2, -0.15) is 0 Å². The van der Waals surface area contributed by atoms with Crippen molar-refractivity contribution in [2.75, 3.05) is 0 Å². The van der Waals surface area contributed by atoms with Gasteiger partial charge in [-0.1, -0.05) is 57.3 Å². The molecule has 0 saturated carbocycles. The number of aliphatic imine (C=N–C) groups is 1. The first-order chi connectivity index (χ1) is 11.7. The van der Waals surface area contributed by atoms with Gasteiger partial charge in [0.1, 0.15) is 5.60 Å². The van der Waals surface area contributed by atoms with Crippen molar-refractivity contribution in [3.63, 3.8) is 0 Å². The third kappa shape index (κ3) is 12.4. The van der Waals surface area contributed by atoms with Crippen molar-refractivity contribution in [1.82, 2.24) is 0 Å². The predicted octanol–water partition coefficient (Wildman–Crippen LogP) is 6.56. The SMILES string of the molecule is C=N/C(=C\C(=C/C)CCCCCCCC)CC(=C)C(=O)OC(C)(C)C. The summed E-state index contributed by atoms with van der Waals surface area (Å²) in [6.07, 6.45) is 13.2. The number of hydrogen-bond acceptors (Lipinski definition) is 3. The number of carbonyl (C=O) groups excluding carboxylic acids is 1. The summed E-state index contributed by atoms with van der Waals surface area (Å²) in [7, 11) is 0. The summed E-state index contributed by atoms with van der Waals surface area (Å²) < 4.78 is 5.35. The van der Waals surface area contributed by atoms with E-state index in [2.05, 4.69) is 31.3 Å². The molecule has 0 heterocycles. The zero-order valence-corrected chi connectivity index (χ0v) is 17.0. The molecule has 0 rings (SSSR count). The second-order valence-corrected chi connectivity index (χ2v) is 7.46. The number of unbranched alkanes of at least 4 members (excludes halogenated alkanes) is 5. The lowest BCUT2D eigenvalue weighted by Crippen LogP contribution is -2.24. The van der Waals surface area contributed by atoms with Crippen LogP contribution >= 0.6 is 0 Å². The van der Waals surface area contributed by atoms with Crippen LogP contribution in [0.4, 0.5) is 0 Å². The molecule has 0 N–H and O–H groups in total. The van der Waals surface area contributed by atoms with E-state index in [-0.39, 0.29) is 5.97 Å². The first kappa shape index (κ1) is 23.4. The maximum absolute atomic E-state index is 12.0. The van der Waals surface area contributed by atoms with Crippen LogP contribution < -0.4 is 0 Å². The molecule has 0 saturated heterocycles. The Morgan fingerprint density at radius 3 is 2.24 bits per heavy atom. The maximum atomic E-state index is 12.0. The van der Waals surface area contributed by atoms with Gasteiger partial charge < -0.3 is 4.74 Å². The van der Waals surface area contributed by atoms with Gasteiger partial charge in [-0.05, 0) is 53.3 Å². The topological polar surface area (TPSA) is 38.7 Å². The van der Waals surface area contributed by atoms with E-state index in [0.29, 0.717) is 12.0 Å². The monoisotopic (exact) mass is 347 g/mol. The van der Waals surface area contributed by atoms with Gasteiger partial charge in [-0.25, -0.2) is 4.79 Å². The molecule has 25 heavy (non-hydrogen) atoms. The van der Waals surface area contributed by atoms with Gasteiger partial charge in [0.15, 0.2) is 0 Å². The van der Waals surface area contributed by atoms with Crippen molar-refractivity contribution in [1.29, 1.82) is 0 Å². The van der Waals surface area contributed by atoms with Crippen LogP contribution in [0, 0.1) is 0 Å². The molecule has 3 heteroatoms. The fourth-order valence-electron chi connectivity index (χ4n) is 2.42. The Hall–Kier alpha value is -1.64. The van der Waals surface area contributed by atoms with E-state index in [1.807, 2.05) is 33.8 Å². The van der Waals surface area contributed by atoms with E-state index >= 15 is 0 Å². The van der Waals surface area contributed by atoms with Crippen LogP contribution in [0.2, 0.25) is 0 Å². The van der Waals surface area contributed by atoms with Crippen molar-refractivity contribution in [3.05, 3.63) is 35.6 Å². The van der Waals surface area contributed by atoms with Crippen LogP contribution in [0.1, 0.15) is 86.0 Å². The van der Waals surface area contributed by atoms with Crippen LogP contribution in [0.15, 0.2) is 40.6 Å². The summed E-state index contributed by atoms with van der Waals surface area (Å²) in [6.45, 7) is 17.3. The molecule has 0 radical (unpaired) electrons. The van der Waals surface area contributed by atoms with Gasteiger partial charge in [0.05, 0.1) is 0 Å². The summed E-state index contributed by atoms with van der Waals surface area (Å²) >= 11 is 0. The van der Waals surface area contributed by atoms with Crippen LogP contribution in [-0.2, 0) is 9.53 Å². The summed E-state index contributed by atoms with van der Waals surface area (Å²) in [6, 6.07) is 0. The Kier molecular flexibility index (Phi) is 11.9. The second-order valence-electron chi connectivity index (χ2n) is 7.46. The van der Waals surface area contributed by atoms with Gasteiger partial charge in [-0.15, -0.1) is 0 Å². The molecule has 0 aromatic heterocycles. The van der Waals surface area contributed by atoms with Crippen molar-refractivity contribution in [2.45, 2.75) is 91.6 Å². The Morgan fingerprint density at radius 1 is 1.12 bits per heavy atom. The van der Waals surface area contributed by atoms with Crippen molar-refractivity contribution >= 4 is 12.7 Å². The second kappa shape index (κ2) is 12.7. The van der Waals surface area contributed by atoms with Crippen LogP contribution in [0.3, 0.4) is 0 Å². The van der Waals surface area contributed by atoms with Crippen LogP contribution in [0.5, 0.6) is 0 Å². The van der Waals surface area contributed by atoms with E-state index in [4.69, 9.17) is 4.74 Å². The maximum Gasteiger partial charge on any atom is 0.334 e. The highest BCUT2D eigenvalue weighted by Crippen LogP contribution is 2.20. The molecule has 0 aromatic rings. The molecule has 0 atom stereocenters. The molecule has 0 aromatic carbocycles. The molecule has 0 fully saturated rings. The van der Waals surface area contributed by atoms with E-state index in [0.717, 1.165) is 12.1 Å². The third-order valence-corrected chi connectivity index (χ3v) is 3.83. The molecule has 0 unspecified atom stereocenters. The lowest BCUT2D eigenvalue weighted by Gasteiger charge is -2.20. The standard InChI is InChI=1S/C22H37NO2/c1-8-10-11-12-13-14-15-19(9-2)17-20(23-7)16-18(3)21(24)25-22(4,5)6/h9,17H,3,7-8,10-16H2,1-2,4-6H3/b19-9-,20-17-. The van der Waals surface area contributed by atoms with Gasteiger partial charge in [0.25, 0.3) is 0 Å². The quantitative estimate of drug-likeness (QED) is 0.132. The molecular weight excluding hydrogens is 310 g/mol. The summed E-state index contributed by atoms with van der Waals surface area (Å²) in [5, 5.41) is 0. The number of hydrogen-bond donors (Lipinski definition) is 0. The fourth-order valence-corrected chi connectivity index (χ4v) is 2.42. The molecule has 3 nitrogen and oxygen atoms in total. The summed E-state index contributed by atoms with van der Waals surface area (Å²) in [5.41, 5.74) is 1.88. The minimum atomic E-state index is -0.516. The van der Waals surface area contributed by atoms with E-state index < -0.39 is 5.60 Å². The van der Waals surface area contributed by atoms with Gasteiger partial charge in [0, 0.05) is 17.7 Å². The number of nitrogens with zero attached hydrogens (tertiary/aromatic N) is 1. The normalized spacial score (nSPS) is 12.8. The fraction of sp³-hybridized carbons (Fsp3) is 0.636. The Morgan fingerprint density at radius 2 is 1.72 bits per heavy atom. The highest BCUT2D eigenvalue weighted by atomic mass is 16.6. The summed E-state index contributed by atoms with van der Waals surface area (Å²) in [5.74, 6) is -0.375. The zero-order chi connectivity index (χ0) is 19.3. The highest BCUT2D eigenvalue weighted by Gasteiger charge is 2.19.